The topological polar surface area (TPSA) is 72.3 Å². The van der Waals surface area contributed by atoms with E-state index in [-0.39, 0.29) is 18.3 Å². The Kier molecular flexibility index (Phi) is 4.25. The zero-order valence-corrected chi connectivity index (χ0v) is 10.5. The molecule has 1 fully saturated rings. The number of carboxylic acid groups (broad SMARTS) is 1. The van der Waals surface area contributed by atoms with Crippen LogP contribution in [0.1, 0.15) is 48.7 Å². The lowest BCUT2D eigenvalue weighted by Gasteiger charge is -2.28. The van der Waals surface area contributed by atoms with Gasteiger partial charge in [0.05, 0.1) is 18.4 Å². The lowest BCUT2D eigenvalue weighted by Crippen LogP contribution is -2.25. The summed E-state index contributed by atoms with van der Waals surface area (Å²) in [6.45, 7) is 2.43. The molecule has 1 aliphatic carbocycles. The monoisotopic (exact) mass is 250 g/mol. The van der Waals surface area contributed by atoms with E-state index in [1.165, 1.54) is 31.8 Å². The van der Waals surface area contributed by atoms with Gasteiger partial charge in [-0.25, -0.2) is 14.8 Å². The van der Waals surface area contributed by atoms with Gasteiger partial charge >= 0.3 is 5.97 Å². The fourth-order valence-corrected chi connectivity index (χ4v) is 2.36. The van der Waals surface area contributed by atoms with Gasteiger partial charge in [-0.2, -0.15) is 0 Å². The Balaban J connectivity index is 1.99. The average Bonchev–Trinajstić information content (AvgIpc) is 2.38. The molecule has 5 nitrogen and oxygen atoms in total. The summed E-state index contributed by atoms with van der Waals surface area (Å²) in [4.78, 5) is 18.7. The second-order valence-electron chi connectivity index (χ2n) is 4.80. The van der Waals surface area contributed by atoms with Gasteiger partial charge in [0.15, 0.2) is 0 Å². The Bertz CT molecular complexity index is 422. The molecule has 0 spiro atoms. The largest absolute Gasteiger partial charge is 0.478 e. The number of aromatic nitrogens is 2. The third-order valence-electron chi connectivity index (χ3n) is 3.49. The van der Waals surface area contributed by atoms with Gasteiger partial charge in [0.1, 0.15) is 11.9 Å². The van der Waals surface area contributed by atoms with Crippen molar-refractivity contribution >= 4 is 5.97 Å². The van der Waals surface area contributed by atoms with Crippen molar-refractivity contribution in [1.82, 2.24) is 9.97 Å². The van der Waals surface area contributed by atoms with E-state index in [9.17, 15) is 4.79 Å². The highest BCUT2D eigenvalue weighted by atomic mass is 16.5. The van der Waals surface area contributed by atoms with Crippen molar-refractivity contribution in [1.29, 1.82) is 0 Å². The van der Waals surface area contributed by atoms with E-state index >= 15 is 0 Å². The Hall–Kier alpha value is -1.49. The molecule has 0 aliphatic heterocycles. The summed E-state index contributed by atoms with van der Waals surface area (Å²) in [5, 5.41) is 9.02. The van der Waals surface area contributed by atoms with E-state index in [0.29, 0.717) is 11.6 Å². The summed E-state index contributed by atoms with van der Waals surface area (Å²) in [5.41, 5.74) is 0.580. The molecule has 0 bridgehead atoms. The zero-order chi connectivity index (χ0) is 13.0. The molecule has 0 saturated heterocycles. The molecule has 1 aromatic heterocycles. The number of carbonyl (C=O) groups is 1. The van der Waals surface area contributed by atoms with E-state index in [1.54, 1.807) is 0 Å². The fraction of sp³-hybridized carbons (Fsp3) is 0.615. The van der Waals surface area contributed by atoms with E-state index in [0.717, 1.165) is 6.42 Å². The van der Waals surface area contributed by atoms with Crippen LogP contribution in [-0.4, -0.2) is 27.1 Å². The maximum absolute atomic E-state index is 11.0. The molecule has 0 amide bonds. The number of nitrogens with zero attached hydrogens (tertiary/aromatic N) is 2. The van der Waals surface area contributed by atoms with Crippen molar-refractivity contribution in [2.45, 2.75) is 45.3 Å². The van der Waals surface area contributed by atoms with Crippen LogP contribution in [0, 0.1) is 5.92 Å². The van der Waals surface area contributed by atoms with Gasteiger partial charge in [-0.15, -0.1) is 0 Å². The number of hydrogen-bond acceptors (Lipinski definition) is 4. The van der Waals surface area contributed by atoms with Crippen molar-refractivity contribution in [3.8, 4) is 0 Å². The van der Waals surface area contributed by atoms with E-state index in [1.807, 2.05) is 0 Å². The van der Waals surface area contributed by atoms with Crippen LogP contribution in [0.25, 0.3) is 0 Å². The van der Waals surface area contributed by atoms with Crippen molar-refractivity contribution < 1.29 is 14.6 Å². The molecule has 2 unspecified atom stereocenters. The van der Waals surface area contributed by atoms with Crippen LogP contribution in [0.15, 0.2) is 12.5 Å². The molecular formula is C13H18N2O3. The first-order valence-electron chi connectivity index (χ1n) is 6.32. The molecule has 1 aliphatic rings. The summed E-state index contributed by atoms with van der Waals surface area (Å²) >= 11 is 0. The first-order chi connectivity index (χ1) is 8.68. The first kappa shape index (κ1) is 13.0. The van der Waals surface area contributed by atoms with Crippen LogP contribution in [0.4, 0.5) is 0 Å². The summed E-state index contributed by atoms with van der Waals surface area (Å²) in [6, 6.07) is 0. The maximum Gasteiger partial charge on any atom is 0.339 e. The van der Waals surface area contributed by atoms with Crippen LogP contribution in [0.3, 0.4) is 0 Å². The molecule has 18 heavy (non-hydrogen) atoms. The SMILES string of the molecule is CC1CCCCC1OCc1ncncc1C(=O)O. The van der Waals surface area contributed by atoms with Crippen molar-refractivity contribution in [3.05, 3.63) is 23.8 Å². The first-order valence-corrected chi connectivity index (χ1v) is 6.32. The second kappa shape index (κ2) is 5.91. The smallest absolute Gasteiger partial charge is 0.339 e. The molecule has 2 rings (SSSR count). The van der Waals surface area contributed by atoms with Gasteiger partial charge in [-0.3, -0.25) is 0 Å². The maximum atomic E-state index is 11.0. The van der Waals surface area contributed by atoms with Crippen LogP contribution in [-0.2, 0) is 11.3 Å². The highest BCUT2D eigenvalue weighted by Gasteiger charge is 2.22. The van der Waals surface area contributed by atoms with Gasteiger partial charge in [0.25, 0.3) is 0 Å². The summed E-state index contributed by atoms with van der Waals surface area (Å²) < 4.78 is 5.82. The predicted octanol–water partition coefficient (Wildman–Crippen LogP) is 2.27. The van der Waals surface area contributed by atoms with Gasteiger partial charge in [-0.1, -0.05) is 19.8 Å². The lowest BCUT2D eigenvalue weighted by molar-refractivity contribution is -0.0172. The van der Waals surface area contributed by atoms with E-state index in [4.69, 9.17) is 9.84 Å². The number of aromatic carboxylic acids is 1. The molecule has 1 aromatic rings. The normalized spacial score (nSPS) is 23.8. The Morgan fingerprint density at radius 2 is 2.28 bits per heavy atom. The molecular weight excluding hydrogens is 232 g/mol. The third-order valence-corrected chi connectivity index (χ3v) is 3.49. The van der Waals surface area contributed by atoms with Gasteiger partial charge in [-0.05, 0) is 18.8 Å². The zero-order valence-electron chi connectivity index (χ0n) is 10.5. The molecule has 1 heterocycles. The molecule has 0 aromatic carbocycles. The van der Waals surface area contributed by atoms with Crippen LogP contribution >= 0.6 is 0 Å². The number of carboxylic acids is 1. The number of hydrogen-bond donors (Lipinski definition) is 1. The summed E-state index contributed by atoms with van der Waals surface area (Å²) in [5.74, 6) is -0.472. The predicted molar refractivity (Wildman–Crippen MR) is 65.2 cm³/mol. The molecule has 2 atom stereocenters. The molecule has 0 radical (unpaired) electrons. The quantitative estimate of drug-likeness (QED) is 0.887. The van der Waals surface area contributed by atoms with Gasteiger partial charge in [0, 0.05) is 6.20 Å². The fourth-order valence-electron chi connectivity index (χ4n) is 2.36. The number of ether oxygens (including phenoxy) is 1. The highest BCUT2D eigenvalue weighted by Crippen LogP contribution is 2.27. The Labute approximate surface area is 106 Å². The van der Waals surface area contributed by atoms with Crippen LogP contribution < -0.4 is 0 Å². The lowest BCUT2D eigenvalue weighted by atomic mass is 9.88. The minimum atomic E-state index is -1.01. The van der Waals surface area contributed by atoms with Gasteiger partial charge < -0.3 is 9.84 Å². The molecule has 98 valence electrons. The molecule has 1 N–H and O–H groups in total. The minimum absolute atomic E-state index is 0.126. The van der Waals surface area contributed by atoms with Crippen molar-refractivity contribution in [3.63, 3.8) is 0 Å². The van der Waals surface area contributed by atoms with Crippen LogP contribution in [0.5, 0.6) is 0 Å². The standard InChI is InChI=1S/C13H18N2O3/c1-9-4-2-3-5-12(9)18-7-11-10(13(16)17)6-14-8-15-11/h6,8-9,12H,2-5,7H2,1H3,(H,16,17). The Morgan fingerprint density at radius 3 is 3.00 bits per heavy atom. The number of rotatable bonds is 4. The van der Waals surface area contributed by atoms with Crippen LogP contribution in [0.2, 0.25) is 0 Å². The summed E-state index contributed by atoms with van der Waals surface area (Å²) in [6.07, 6.45) is 7.57. The average molecular weight is 250 g/mol. The van der Waals surface area contributed by atoms with Crippen molar-refractivity contribution in [2.75, 3.05) is 0 Å². The minimum Gasteiger partial charge on any atom is -0.478 e. The third kappa shape index (κ3) is 3.04. The van der Waals surface area contributed by atoms with E-state index in [2.05, 4.69) is 16.9 Å². The highest BCUT2D eigenvalue weighted by molar-refractivity contribution is 5.88. The molecule has 5 heteroatoms. The second-order valence-corrected chi connectivity index (χ2v) is 4.80. The Morgan fingerprint density at radius 1 is 1.50 bits per heavy atom. The van der Waals surface area contributed by atoms with E-state index < -0.39 is 5.97 Å². The van der Waals surface area contributed by atoms with Crippen molar-refractivity contribution in [2.24, 2.45) is 5.92 Å². The van der Waals surface area contributed by atoms with Gasteiger partial charge in [0.2, 0.25) is 0 Å². The molecule has 1 saturated carbocycles. The summed E-state index contributed by atoms with van der Waals surface area (Å²) in [7, 11) is 0.